The molecule has 0 aromatic heterocycles. The predicted molar refractivity (Wildman–Crippen MR) is 57.8 cm³/mol. The van der Waals surface area contributed by atoms with Gasteiger partial charge in [-0.1, -0.05) is 5.22 Å². The summed E-state index contributed by atoms with van der Waals surface area (Å²) in [7, 11) is 0. The lowest BCUT2D eigenvalue weighted by Crippen LogP contribution is -2.28. The Hall–Kier alpha value is -1.93. The van der Waals surface area contributed by atoms with Gasteiger partial charge in [-0.05, 0) is 30.7 Å². The minimum atomic E-state index is 0.500. The Morgan fingerprint density at radius 3 is 2.75 bits per heavy atom. The smallest absolute Gasteiger partial charge is 0.136 e. The third-order valence-electron chi connectivity index (χ3n) is 2.23. The van der Waals surface area contributed by atoms with Crippen LogP contribution >= 0.6 is 0 Å². The van der Waals surface area contributed by atoms with Gasteiger partial charge >= 0.3 is 0 Å². The van der Waals surface area contributed by atoms with Crippen molar-refractivity contribution in [2.75, 3.05) is 19.9 Å². The summed E-state index contributed by atoms with van der Waals surface area (Å²) >= 11 is 0. The van der Waals surface area contributed by atoms with Crippen LogP contribution in [-0.4, -0.2) is 24.9 Å². The molecule has 0 bridgehead atoms. The number of nitriles is 1. The number of hydrogen-bond donors (Lipinski definition) is 0. The fourth-order valence-electron chi connectivity index (χ4n) is 1.37. The minimum absolute atomic E-state index is 0.500. The summed E-state index contributed by atoms with van der Waals surface area (Å²) in [6.07, 6.45) is 0.979. The van der Waals surface area contributed by atoms with Gasteiger partial charge in [0, 0.05) is 6.54 Å². The second-order valence-electron chi connectivity index (χ2n) is 3.47. The van der Waals surface area contributed by atoms with Gasteiger partial charge in [-0.25, -0.2) is 0 Å². The summed E-state index contributed by atoms with van der Waals surface area (Å²) in [5.74, 6) is 0. The molecule has 1 aliphatic heterocycles. The molecule has 0 saturated carbocycles. The van der Waals surface area contributed by atoms with Gasteiger partial charge in [0.05, 0.1) is 23.9 Å². The van der Waals surface area contributed by atoms with Gasteiger partial charge in [0.1, 0.15) is 6.73 Å². The van der Waals surface area contributed by atoms with Gasteiger partial charge in [-0.3, -0.25) is 5.01 Å². The quantitative estimate of drug-likeness (QED) is 0.712. The van der Waals surface area contributed by atoms with E-state index in [1.54, 1.807) is 29.3 Å². The predicted octanol–water partition coefficient (Wildman–Crippen LogP) is 2.24. The Kier molecular flexibility index (Phi) is 3.46. The molecule has 0 aliphatic carbocycles. The van der Waals surface area contributed by atoms with Crippen molar-refractivity contribution in [3.05, 3.63) is 29.8 Å². The highest BCUT2D eigenvalue weighted by Gasteiger charge is 2.06. The van der Waals surface area contributed by atoms with Crippen LogP contribution in [0.1, 0.15) is 12.0 Å². The number of ether oxygens (including phenoxy) is 1. The molecular formula is C11H12N4O. The number of nitrogens with zero attached hydrogens (tertiary/aromatic N) is 4. The van der Waals surface area contributed by atoms with Gasteiger partial charge in [0.15, 0.2) is 0 Å². The third-order valence-corrected chi connectivity index (χ3v) is 2.23. The van der Waals surface area contributed by atoms with Crippen molar-refractivity contribution < 1.29 is 4.74 Å². The second-order valence-corrected chi connectivity index (χ2v) is 3.47. The van der Waals surface area contributed by atoms with E-state index in [1.165, 1.54) is 0 Å². The number of benzene rings is 1. The Bertz CT molecular complexity index is 401. The minimum Gasteiger partial charge on any atom is -0.359 e. The lowest BCUT2D eigenvalue weighted by Gasteiger charge is -2.21. The average molecular weight is 216 g/mol. The van der Waals surface area contributed by atoms with Gasteiger partial charge in [0.2, 0.25) is 0 Å². The Morgan fingerprint density at radius 2 is 2.12 bits per heavy atom. The molecule has 1 aromatic carbocycles. The molecule has 0 radical (unpaired) electrons. The van der Waals surface area contributed by atoms with Crippen LogP contribution in [0.5, 0.6) is 0 Å². The molecule has 0 spiro atoms. The summed E-state index contributed by atoms with van der Waals surface area (Å²) in [5.41, 5.74) is 1.37. The molecule has 1 aromatic rings. The molecule has 0 amide bonds. The van der Waals surface area contributed by atoms with Crippen molar-refractivity contribution in [1.82, 2.24) is 5.01 Å². The Balaban J connectivity index is 1.97. The highest BCUT2D eigenvalue weighted by atomic mass is 16.5. The van der Waals surface area contributed by atoms with Gasteiger partial charge in [-0.2, -0.15) is 5.26 Å². The summed E-state index contributed by atoms with van der Waals surface area (Å²) in [5, 5.41) is 18.5. The first-order chi connectivity index (χ1) is 7.88. The largest absolute Gasteiger partial charge is 0.359 e. The molecule has 0 atom stereocenters. The van der Waals surface area contributed by atoms with Crippen LogP contribution < -0.4 is 0 Å². The first-order valence-electron chi connectivity index (χ1n) is 5.13. The zero-order valence-corrected chi connectivity index (χ0v) is 8.83. The third kappa shape index (κ3) is 2.78. The molecule has 16 heavy (non-hydrogen) atoms. The lowest BCUT2D eigenvalue weighted by atomic mass is 10.2. The van der Waals surface area contributed by atoms with E-state index in [-0.39, 0.29) is 0 Å². The number of hydrogen-bond acceptors (Lipinski definition) is 4. The van der Waals surface area contributed by atoms with Crippen LogP contribution in [0.25, 0.3) is 0 Å². The first kappa shape index (κ1) is 10.6. The highest BCUT2D eigenvalue weighted by molar-refractivity contribution is 5.41. The van der Waals surface area contributed by atoms with E-state index in [0.717, 1.165) is 25.3 Å². The molecule has 2 rings (SSSR count). The van der Waals surface area contributed by atoms with Crippen molar-refractivity contribution >= 4 is 5.69 Å². The van der Waals surface area contributed by atoms with E-state index in [9.17, 15) is 0 Å². The fraction of sp³-hybridized carbons (Fsp3) is 0.364. The molecule has 0 N–H and O–H groups in total. The van der Waals surface area contributed by atoms with E-state index in [0.29, 0.717) is 12.3 Å². The molecule has 0 unspecified atom stereocenters. The maximum Gasteiger partial charge on any atom is 0.136 e. The maximum atomic E-state index is 8.63. The van der Waals surface area contributed by atoms with Crippen molar-refractivity contribution in [3.63, 3.8) is 0 Å². The first-order valence-corrected chi connectivity index (χ1v) is 5.13. The van der Waals surface area contributed by atoms with Crippen LogP contribution in [-0.2, 0) is 4.74 Å². The van der Waals surface area contributed by atoms with Crippen molar-refractivity contribution in [2.45, 2.75) is 6.42 Å². The summed E-state index contributed by atoms with van der Waals surface area (Å²) in [4.78, 5) is 0. The average Bonchev–Trinajstić information content (AvgIpc) is 2.38. The van der Waals surface area contributed by atoms with E-state index >= 15 is 0 Å². The van der Waals surface area contributed by atoms with Gasteiger partial charge in [0.25, 0.3) is 0 Å². The van der Waals surface area contributed by atoms with Crippen LogP contribution in [0.4, 0.5) is 5.69 Å². The molecule has 5 nitrogen and oxygen atoms in total. The lowest BCUT2D eigenvalue weighted by molar-refractivity contribution is -0.0163. The number of rotatable bonds is 2. The Morgan fingerprint density at radius 1 is 1.31 bits per heavy atom. The van der Waals surface area contributed by atoms with E-state index < -0.39 is 0 Å². The van der Waals surface area contributed by atoms with E-state index in [1.807, 2.05) is 0 Å². The van der Waals surface area contributed by atoms with Crippen LogP contribution in [0, 0.1) is 11.3 Å². The van der Waals surface area contributed by atoms with Crippen LogP contribution in [0.3, 0.4) is 0 Å². The van der Waals surface area contributed by atoms with Gasteiger partial charge < -0.3 is 4.74 Å². The van der Waals surface area contributed by atoms with E-state index in [2.05, 4.69) is 16.4 Å². The Labute approximate surface area is 93.9 Å². The normalized spacial score (nSPS) is 16.3. The zero-order chi connectivity index (χ0) is 11.2. The highest BCUT2D eigenvalue weighted by Crippen LogP contribution is 2.14. The standard InChI is InChI=1S/C11H12N4O/c12-8-10-2-4-11(5-3-10)13-14-15-6-1-7-16-9-15/h2-5H,1,6-7,9H2. The molecule has 5 heteroatoms. The van der Waals surface area contributed by atoms with E-state index in [4.69, 9.17) is 10.00 Å². The molecule has 1 fully saturated rings. The molecular weight excluding hydrogens is 204 g/mol. The van der Waals surface area contributed by atoms with Crippen molar-refractivity contribution in [1.29, 1.82) is 5.26 Å². The summed E-state index contributed by atoms with van der Waals surface area (Å²) < 4.78 is 5.24. The monoisotopic (exact) mass is 216 g/mol. The topological polar surface area (TPSA) is 61.0 Å². The summed E-state index contributed by atoms with van der Waals surface area (Å²) in [6, 6.07) is 9.04. The molecule has 1 heterocycles. The zero-order valence-electron chi connectivity index (χ0n) is 8.83. The maximum absolute atomic E-state index is 8.63. The SMILES string of the molecule is N#Cc1ccc(N=NN2CCCOC2)cc1. The van der Waals surface area contributed by atoms with Gasteiger partial charge in [-0.15, -0.1) is 5.11 Å². The summed E-state index contributed by atoms with van der Waals surface area (Å²) in [6.45, 7) is 2.17. The van der Waals surface area contributed by atoms with Crippen LogP contribution in [0.15, 0.2) is 34.6 Å². The van der Waals surface area contributed by atoms with Crippen molar-refractivity contribution in [3.8, 4) is 6.07 Å². The van der Waals surface area contributed by atoms with Crippen molar-refractivity contribution in [2.24, 2.45) is 10.3 Å². The second kappa shape index (κ2) is 5.24. The molecule has 1 saturated heterocycles. The fourth-order valence-corrected chi connectivity index (χ4v) is 1.37. The van der Waals surface area contributed by atoms with Crippen LogP contribution in [0.2, 0.25) is 0 Å². The molecule has 82 valence electrons. The molecule has 1 aliphatic rings.